The van der Waals surface area contributed by atoms with Crippen LogP contribution in [0, 0.1) is 11.8 Å². The number of nitrogens with one attached hydrogen (secondary N) is 2. The monoisotopic (exact) mass is 884 g/mol. The molecule has 4 aromatic rings. The fourth-order valence-corrected chi connectivity index (χ4v) is 9.29. The average molecular weight is 885 g/mol. The van der Waals surface area contributed by atoms with Gasteiger partial charge in [0.1, 0.15) is 23.6 Å². The molecular weight excluding hydrogens is 830 g/mol. The van der Waals surface area contributed by atoms with Crippen molar-refractivity contribution in [3.63, 3.8) is 0 Å². The highest BCUT2D eigenvalue weighted by Crippen LogP contribution is 2.65. The molecule has 0 unspecified atom stereocenters. The molecule has 6 atom stereocenters. The van der Waals surface area contributed by atoms with E-state index >= 15 is 8.78 Å². The van der Waals surface area contributed by atoms with Crippen LogP contribution in [0.25, 0.3) is 5.57 Å². The molecule has 4 N–H and O–H groups in total. The molecule has 1 heterocycles. The summed E-state index contributed by atoms with van der Waals surface area (Å²) in [7, 11) is -5.23. The van der Waals surface area contributed by atoms with Crippen molar-refractivity contribution in [2.75, 3.05) is 6.54 Å². The molecule has 334 valence electrons. The highest BCUT2D eigenvalue weighted by atomic mass is 31.2. The third-order valence-corrected chi connectivity index (χ3v) is 13.3. The van der Waals surface area contributed by atoms with Crippen LogP contribution in [0.4, 0.5) is 8.78 Å². The number of para-hydroxylation sites is 2. The summed E-state index contributed by atoms with van der Waals surface area (Å²) < 4.78 is 63.4. The molecule has 12 nitrogen and oxygen atoms in total. The van der Waals surface area contributed by atoms with Crippen LogP contribution in [0.1, 0.15) is 76.0 Å². The summed E-state index contributed by atoms with van der Waals surface area (Å²) in [6.45, 7) is 6.10. The molecule has 1 aliphatic heterocycles. The first-order chi connectivity index (χ1) is 30.2. The first kappa shape index (κ1) is 46.6. The molecule has 0 radical (unpaired) electrons. The Balaban J connectivity index is 1.13. The standard InChI is InChI=1S/C48H55F2N4O8P/c1-4-5-21-42(47(58)54-30-36-29-40(36)45(54)46(57)53-41(26-27-43(51)55)33(3)60-31-34-15-9-6-10-16-34)52-44(56)28-32(2)35-22-24-37(25-23-35)48(49,50)63(59,61-38-17-11-7-12-18-38)62-39-19-13-8-14-20-39/h6-20,22-25,28,33,36,40-42,45H,4-5,21,26-27,29-31H2,1-3H3,(H2,51,55)(H,52,56)(H,53,57)/b32-28+/t33-,36-,40-,41+,42+,45+/m1/s1. The third-order valence-electron chi connectivity index (χ3n) is 11.4. The number of amides is 4. The highest BCUT2D eigenvalue weighted by Gasteiger charge is 2.59. The maximum Gasteiger partial charge on any atom is 0.504 e. The third kappa shape index (κ3) is 12.0. The number of piperidine rings is 1. The van der Waals surface area contributed by atoms with Gasteiger partial charge in [-0.2, -0.15) is 8.78 Å². The summed E-state index contributed by atoms with van der Waals surface area (Å²) in [5.41, 5.74) is 2.55. The van der Waals surface area contributed by atoms with Gasteiger partial charge in [-0.15, -0.1) is 0 Å². The topological polar surface area (TPSA) is 166 Å². The Morgan fingerprint density at radius 2 is 1.46 bits per heavy atom. The minimum absolute atomic E-state index is 0.0324. The van der Waals surface area contributed by atoms with E-state index < -0.39 is 54.9 Å². The Morgan fingerprint density at radius 1 is 0.873 bits per heavy atom. The first-order valence-electron chi connectivity index (χ1n) is 21.3. The van der Waals surface area contributed by atoms with E-state index in [1.54, 1.807) is 48.2 Å². The second-order valence-corrected chi connectivity index (χ2v) is 18.1. The van der Waals surface area contributed by atoms with Crippen molar-refractivity contribution in [1.82, 2.24) is 15.5 Å². The van der Waals surface area contributed by atoms with E-state index in [4.69, 9.17) is 19.5 Å². The van der Waals surface area contributed by atoms with Gasteiger partial charge in [-0.25, -0.2) is 4.57 Å². The lowest BCUT2D eigenvalue weighted by molar-refractivity contribution is -0.143. The van der Waals surface area contributed by atoms with Crippen LogP contribution in [0.3, 0.4) is 0 Å². The molecule has 1 saturated carbocycles. The van der Waals surface area contributed by atoms with Gasteiger partial charge in [-0.05, 0) is 85.9 Å². The molecule has 2 fully saturated rings. The van der Waals surface area contributed by atoms with Crippen LogP contribution in [-0.2, 0) is 40.8 Å². The molecule has 2 aliphatic rings. The van der Waals surface area contributed by atoms with Gasteiger partial charge in [-0.3, -0.25) is 19.2 Å². The van der Waals surface area contributed by atoms with Crippen LogP contribution in [0.2, 0.25) is 0 Å². The molecule has 6 rings (SSSR count). The van der Waals surface area contributed by atoms with Crippen molar-refractivity contribution >= 4 is 36.8 Å². The molecule has 0 bridgehead atoms. The fourth-order valence-electron chi connectivity index (χ4n) is 7.76. The number of fused-ring (bicyclic) bond motifs is 1. The second-order valence-electron chi connectivity index (χ2n) is 16.2. The molecule has 63 heavy (non-hydrogen) atoms. The Kier molecular flexibility index (Phi) is 15.6. The van der Waals surface area contributed by atoms with Crippen LogP contribution in [0.5, 0.6) is 11.5 Å². The largest absolute Gasteiger partial charge is 0.504 e. The van der Waals surface area contributed by atoms with Gasteiger partial charge >= 0.3 is 13.3 Å². The second kappa shape index (κ2) is 21.0. The zero-order valence-electron chi connectivity index (χ0n) is 35.7. The van der Waals surface area contributed by atoms with E-state index in [0.29, 0.717) is 37.1 Å². The minimum Gasteiger partial charge on any atom is -0.412 e. The number of primary amides is 1. The number of hydrogen-bond acceptors (Lipinski definition) is 8. The lowest BCUT2D eigenvalue weighted by atomic mass is 10.0. The quantitative estimate of drug-likeness (QED) is 0.0523. The number of likely N-dealkylation sites (tertiary alicyclic amines) is 1. The molecule has 0 spiro atoms. The predicted molar refractivity (Wildman–Crippen MR) is 235 cm³/mol. The predicted octanol–water partition coefficient (Wildman–Crippen LogP) is 8.37. The van der Waals surface area contributed by atoms with Gasteiger partial charge in [0.25, 0.3) is 0 Å². The molecular formula is C48H55F2N4O8P. The van der Waals surface area contributed by atoms with Crippen LogP contribution < -0.4 is 25.4 Å². The van der Waals surface area contributed by atoms with Gasteiger partial charge in [0, 0.05) is 24.6 Å². The van der Waals surface area contributed by atoms with Crippen molar-refractivity contribution in [1.29, 1.82) is 0 Å². The number of alkyl halides is 2. The Labute approximate surface area is 367 Å². The van der Waals surface area contributed by atoms with Gasteiger partial charge in [-0.1, -0.05) is 111 Å². The van der Waals surface area contributed by atoms with Crippen molar-refractivity contribution in [2.24, 2.45) is 17.6 Å². The van der Waals surface area contributed by atoms with Crippen LogP contribution >= 0.6 is 7.60 Å². The number of halogens is 2. The maximum atomic E-state index is 16.2. The summed E-state index contributed by atoms with van der Waals surface area (Å²) in [5.74, 6) is -1.80. The average Bonchev–Trinajstić information content (AvgIpc) is 3.94. The molecule has 1 aliphatic carbocycles. The molecule has 4 amide bonds. The van der Waals surface area contributed by atoms with E-state index in [-0.39, 0.29) is 48.0 Å². The number of nitrogens with two attached hydrogens (primary N) is 1. The Bertz CT molecular complexity index is 2220. The minimum atomic E-state index is -5.23. The number of benzene rings is 4. The Hall–Kier alpha value is -5.85. The van der Waals surface area contributed by atoms with Gasteiger partial charge in [0.05, 0.1) is 18.8 Å². The van der Waals surface area contributed by atoms with Gasteiger partial charge in [0.2, 0.25) is 23.6 Å². The zero-order chi connectivity index (χ0) is 45.1. The summed E-state index contributed by atoms with van der Waals surface area (Å²) in [6, 6.07) is 27.5. The molecule has 0 aromatic heterocycles. The Morgan fingerprint density at radius 3 is 2.03 bits per heavy atom. The van der Waals surface area contributed by atoms with E-state index in [1.807, 2.05) is 44.2 Å². The van der Waals surface area contributed by atoms with E-state index in [1.165, 1.54) is 42.5 Å². The van der Waals surface area contributed by atoms with E-state index in [2.05, 4.69) is 10.6 Å². The summed E-state index contributed by atoms with van der Waals surface area (Å²) in [6.07, 6.45) is 3.61. The smallest absolute Gasteiger partial charge is 0.412 e. The van der Waals surface area contributed by atoms with Crippen molar-refractivity contribution in [3.05, 3.63) is 138 Å². The number of hydrogen-bond donors (Lipinski definition) is 3. The number of allylic oxidation sites excluding steroid dienone is 1. The highest BCUT2D eigenvalue weighted by molar-refractivity contribution is 7.55. The number of ether oxygens (including phenoxy) is 1. The van der Waals surface area contributed by atoms with Crippen LogP contribution in [0.15, 0.2) is 121 Å². The molecule has 4 aromatic carbocycles. The summed E-state index contributed by atoms with van der Waals surface area (Å²) >= 11 is 0. The SMILES string of the molecule is CCCC[C@H](NC(=O)/C=C(\C)c1ccc(C(F)(F)P(=O)(Oc2ccccc2)Oc2ccccc2)cc1)C(=O)N1C[C@H]2C[C@H]2[C@H]1C(=O)N[C@@H](CCC(N)=O)[C@@H](C)OCc1ccccc1. The number of rotatable bonds is 22. The van der Waals surface area contributed by atoms with Gasteiger partial charge in [0.15, 0.2) is 0 Å². The molecule has 15 heteroatoms. The van der Waals surface area contributed by atoms with Crippen molar-refractivity contribution in [2.45, 2.75) is 95.8 Å². The number of carbonyl (C=O) groups is 4. The summed E-state index contributed by atoms with van der Waals surface area (Å²) in [4.78, 5) is 55.2. The van der Waals surface area contributed by atoms with E-state index in [0.717, 1.165) is 30.5 Å². The van der Waals surface area contributed by atoms with E-state index in [9.17, 15) is 23.7 Å². The lowest BCUT2D eigenvalue weighted by Gasteiger charge is -2.33. The molecule has 1 saturated heterocycles. The maximum absolute atomic E-state index is 16.2. The normalized spacial score (nSPS) is 18.7. The van der Waals surface area contributed by atoms with Crippen LogP contribution in [-0.4, -0.2) is 59.3 Å². The number of carbonyl (C=O) groups excluding carboxylic acids is 4. The van der Waals surface area contributed by atoms with Gasteiger partial charge < -0.3 is 35.1 Å². The summed E-state index contributed by atoms with van der Waals surface area (Å²) in [5, 5.41) is 5.91. The lowest BCUT2D eigenvalue weighted by Crippen LogP contribution is -2.57. The fraction of sp³-hybridized carbons (Fsp3) is 0.375. The number of unbranched alkanes of at least 4 members (excludes halogenated alkanes) is 1. The zero-order valence-corrected chi connectivity index (χ0v) is 36.6. The number of nitrogens with zero attached hydrogens (tertiary/aromatic N) is 1. The van der Waals surface area contributed by atoms with Crippen molar-refractivity contribution in [3.8, 4) is 11.5 Å². The van der Waals surface area contributed by atoms with Crippen molar-refractivity contribution < 1.29 is 46.3 Å². The first-order valence-corrected chi connectivity index (χ1v) is 22.8.